The van der Waals surface area contributed by atoms with E-state index in [1.807, 2.05) is 6.07 Å². The summed E-state index contributed by atoms with van der Waals surface area (Å²) in [5, 5.41) is 12.5. The van der Waals surface area contributed by atoms with Gasteiger partial charge in [0.2, 0.25) is 0 Å². The average molecular weight is 324 g/mol. The molecule has 4 heteroatoms. The highest BCUT2D eigenvalue weighted by Crippen LogP contribution is 2.17. The Kier molecular flexibility index (Phi) is 5.49. The molecular formula is C20H24N2O2. The van der Waals surface area contributed by atoms with Crippen LogP contribution < -0.4 is 5.32 Å². The van der Waals surface area contributed by atoms with Crippen LogP contribution in [0.3, 0.4) is 0 Å². The van der Waals surface area contributed by atoms with Gasteiger partial charge in [-0.25, -0.2) is 4.79 Å². The van der Waals surface area contributed by atoms with Crippen molar-refractivity contribution in [3.8, 4) is 0 Å². The van der Waals surface area contributed by atoms with Crippen LogP contribution in [0.5, 0.6) is 0 Å². The third-order valence-corrected chi connectivity index (χ3v) is 4.45. The van der Waals surface area contributed by atoms with E-state index < -0.39 is 5.97 Å². The first-order chi connectivity index (χ1) is 11.7. The summed E-state index contributed by atoms with van der Waals surface area (Å²) in [5.74, 6) is -0.889. The van der Waals surface area contributed by atoms with Crippen LogP contribution >= 0.6 is 0 Å². The Morgan fingerprint density at radius 1 is 1.00 bits per heavy atom. The second kappa shape index (κ2) is 7.97. The zero-order valence-electron chi connectivity index (χ0n) is 13.9. The lowest BCUT2D eigenvalue weighted by Crippen LogP contribution is -2.29. The summed E-state index contributed by atoms with van der Waals surface area (Å²) in [6.07, 6.45) is 3.96. The van der Waals surface area contributed by atoms with E-state index in [0.29, 0.717) is 12.1 Å². The normalized spacial score (nSPS) is 15.2. The number of anilines is 1. The summed E-state index contributed by atoms with van der Waals surface area (Å²) in [7, 11) is 0. The summed E-state index contributed by atoms with van der Waals surface area (Å²) in [6.45, 7) is 4.01. The molecule has 126 valence electrons. The zero-order chi connectivity index (χ0) is 16.8. The number of rotatable bonds is 6. The van der Waals surface area contributed by atoms with Crippen molar-refractivity contribution in [2.75, 3.05) is 18.4 Å². The van der Waals surface area contributed by atoms with E-state index in [-0.39, 0.29) is 0 Å². The van der Waals surface area contributed by atoms with Gasteiger partial charge in [0.1, 0.15) is 0 Å². The fourth-order valence-electron chi connectivity index (χ4n) is 3.17. The summed E-state index contributed by atoms with van der Waals surface area (Å²) < 4.78 is 0. The van der Waals surface area contributed by atoms with Crippen LogP contribution in [0, 0.1) is 0 Å². The van der Waals surface area contributed by atoms with E-state index >= 15 is 0 Å². The van der Waals surface area contributed by atoms with E-state index in [2.05, 4.69) is 34.5 Å². The number of hydrogen-bond donors (Lipinski definition) is 2. The van der Waals surface area contributed by atoms with Gasteiger partial charge in [0.25, 0.3) is 0 Å². The molecule has 1 saturated heterocycles. The second-order valence-electron chi connectivity index (χ2n) is 6.40. The number of carboxylic acid groups (broad SMARTS) is 1. The molecule has 2 N–H and O–H groups in total. The van der Waals surface area contributed by atoms with Crippen LogP contribution in [-0.2, 0) is 13.1 Å². The minimum atomic E-state index is -0.889. The van der Waals surface area contributed by atoms with Crippen LogP contribution in [0.2, 0.25) is 0 Å². The van der Waals surface area contributed by atoms with Gasteiger partial charge in [-0.15, -0.1) is 0 Å². The van der Waals surface area contributed by atoms with Crippen molar-refractivity contribution >= 4 is 11.7 Å². The minimum Gasteiger partial charge on any atom is -0.478 e. The van der Waals surface area contributed by atoms with Crippen LogP contribution in [0.1, 0.15) is 40.7 Å². The fourth-order valence-corrected chi connectivity index (χ4v) is 3.17. The Hall–Kier alpha value is -2.33. The third kappa shape index (κ3) is 4.59. The Bertz CT molecular complexity index is 694. The van der Waals surface area contributed by atoms with E-state index in [1.54, 1.807) is 18.2 Å². The number of nitrogens with zero attached hydrogens (tertiary/aromatic N) is 1. The lowest BCUT2D eigenvalue weighted by atomic mass is 10.1. The smallest absolute Gasteiger partial charge is 0.335 e. The Balaban J connectivity index is 1.60. The van der Waals surface area contributed by atoms with Crippen molar-refractivity contribution < 1.29 is 9.90 Å². The van der Waals surface area contributed by atoms with Gasteiger partial charge in [0.05, 0.1) is 5.56 Å². The highest BCUT2D eigenvalue weighted by molar-refractivity contribution is 5.87. The largest absolute Gasteiger partial charge is 0.478 e. The molecule has 0 bridgehead atoms. The first-order valence-corrected chi connectivity index (χ1v) is 8.58. The van der Waals surface area contributed by atoms with Crippen molar-refractivity contribution in [1.82, 2.24) is 4.90 Å². The van der Waals surface area contributed by atoms with Crippen LogP contribution in [0.25, 0.3) is 0 Å². The van der Waals surface area contributed by atoms with Crippen molar-refractivity contribution in [3.63, 3.8) is 0 Å². The van der Waals surface area contributed by atoms with Crippen LogP contribution in [0.15, 0.2) is 48.5 Å². The van der Waals surface area contributed by atoms with Crippen molar-refractivity contribution in [3.05, 3.63) is 65.2 Å². The molecule has 1 fully saturated rings. The highest BCUT2D eigenvalue weighted by atomic mass is 16.4. The fraction of sp³-hybridized carbons (Fsp3) is 0.350. The standard InChI is InChI=1S/C20H24N2O2/c23-20(24)18-8-4-6-16(12-18)14-21-19-9-5-7-17(13-19)15-22-10-2-1-3-11-22/h4-9,12-13,21H,1-3,10-11,14-15H2,(H,23,24). The Labute approximate surface area is 143 Å². The molecule has 1 heterocycles. The number of benzene rings is 2. The molecule has 0 radical (unpaired) electrons. The SMILES string of the molecule is O=C(O)c1cccc(CNc2cccc(CN3CCCCC3)c2)c1. The molecule has 0 unspecified atom stereocenters. The van der Waals surface area contributed by atoms with Gasteiger partial charge in [-0.3, -0.25) is 4.90 Å². The van der Waals surface area contributed by atoms with Crippen molar-refractivity contribution in [2.45, 2.75) is 32.4 Å². The van der Waals surface area contributed by atoms with Gasteiger partial charge in [-0.05, 0) is 61.3 Å². The number of carbonyl (C=O) groups is 1. The maximum absolute atomic E-state index is 11.0. The second-order valence-corrected chi connectivity index (χ2v) is 6.40. The number of aromatic carboxylic acids is 1. The summed E-state index contributed by atoms with van der Waals surface area (Å²) in [6, 6.07) is 15.6. The molecule has 0 aromatic heterocycles. The third-order valence-electron chi connectivity index (χ3n) is 4.45. The topological polar surface area (TPSA) is 52.6 Å². The highest BCUT2D eigenvalue weighted by Gasteiger charge is 2.10. The molecule has 1 aliphatic heterocycles. The quantitative estimate of drug-likeness (QED) is 0.844. The van der Waals surface area contributed by atoms with Crippen LogP contribution in [0.4, 0.5) is 5.69 Å². The van der Waals surface area contributed by atoms with E-state index in [1.165, 1.54) is 37.9 Å². The van der Waals surface area contributed by atoms with E-state index in [4.69, 9.17) is 5.11 Å². The molecule has 0 atom stereocenters. The molecule has 0 aliphatic carbocycles. The molecule has 1 aliphatic rings. The van der Waals surface area contributed by atoms with Gasteiger partial charge in [-0.2, -0.15) is 0 Å². The maximum atomic E-state index is 11.0. The van der Waals surface area contributed by atoms with Crippen molar-refractivity contribution in [1.29, 1.82) is 0 Å². The monoisotopic (exact) mass is 324 g/mol. The zero-order valence-corrected chi connectivity index (χ0v) is 13.9. The lowest BCUT2D eigenvalue weighted by Gasteiger charge is -2.26. The number of hydrogen-bond acceptors (Lipinski definition) is 3. The first kappa shape index (κ1) is 16.5. The van der Waals surface area contributed by atoms with Gasteiger partial charge >= 0.3 is 5.97 Å². The summed E-state index contributed by atoms with van der Waals surface area (Å²) >= 11 is 0. The summed E-state index contributed by atoms with van der Waals surface area (Å²) in [4.78, 5) is 13.5. The van der Waals surface area contributed by atoms with E-state index in [0.717, 1.165) is 17.8 Å². The number of nitrogens with one attached hydrogen (secondary N) is 1. The molecule has 0 amide bonds. The lowest BCUT2D eigenvalue weighted by molar-refractivity contribution is 0.0697. The van der Waals surface area contributed by atoms with Gasteiger partial charge in [0.15, 0.2) is 0 Å². The van der Waals surface area contributed by atoms with Crippen molar-refractivity contribution in [2.24, 2.45) is 0 Å². The minimum absolute atomic E-state index is 0.327. The number of piperidine rings is 1. The van der Waals surface area contributed by atoms with Gasteiger partial charge in [-0.1, -0.05) is 30.7 Å². The molecule has 0 saturated carbocycles. The molecular weight excluding hydrogens is 300 g/mol. The maximum Gasteiger partial charge on any atom is 0.335 e. The summed E-state index contributed by atoms with van der Waals surface area (Å²) in [5.41, 5.74) is 3.69. The number of likely N-dealkylation sites (tertiary alicyclic amines) is 1. The first-order valence-electron chi connectivity index (χ1n) is 8.58. The molecule has 24 heavy (non-hydrogen) atoms. The molecule has 2 aromatic rings. The number of carboxylic acids is 1. The average Bonchev–Trinajstić information content (AvgIpc) is 2.61. The van der Waals surface area contributed by atoms with Crippen LogP contribution in [-0.4, -0.2) is 29.1 Å². The Morgan fingerprint density at radius 3 is 2.54 bits per heavy atom. The predicted octanol–water partition coefficient (Wildman–Crippen LogP) is 3.98. The van der Waals surface area contributed by atoms with Gasteiger partial charge < -0.3 is 10.4 Å². The van der Waals surface area contributed by atoms with E-state index in [9.17, 15) is 4.79 Å². The molecule has 4 nitrogen and oxygen atoms in total. The molecule has 2 aromatic carbocycles. The molecule has 3 rings (SSSR count). The predicted molar refractivity (Wildman–Crippen MR) is 96.3 cm³/mol. The van der Waals surface area contributed by atoms with Gasteiger partial charge in [0, 0.05) is 18.8 Å². The molecule has 0 spiro atoms. The Morgan fingerprint density at radius 2 is 1.75 bits per heavy atom.